The summed E-state index contributed by atoms with van der Waals surface area (Å²) in [5.41, 5.74) is -0.0734. The number of carbonyl (C=O) groups excluding carboxylic acids is 1. The van der Waals surface area contributed by atoms with Crippen LogP contribution in [0.4, 0.5) is 10.1 Å². The number of anilines is 1. The third-order valence-electron chi connectivity index (χ3n) is 4.77. The van der Waals surface area contributed by atoms with Gasteiger partial charge in [-0.05, 0) is 43.2 Å². The quantitative estimate of drug-likeness (QED) is 0.719. The minimum Gasteiger partial charge on any atom is -0.321 e. The summed E-state index contributed by atoms with van der Waals surface area (Å²) >= 11 is 0. The van der Waals surface area contributed by atoms with E-state index in [1.807, 2.05) is 0 Å². The van der Waals surface area contributed by atoms with Crippen molar-refractivity contribution in [2.45, 2.75) is 22.6 Å². The molecule has 0 atom stereocenters. The summed E-state index contributed by atoms with van der Waals surface area (Å²) in [5.74, 6) is -1.71. The largest absolute Gasteiger partial charge is 0.321 e. The Labute approximate surface area is 175 Å². The van der Waals surface area contributed by atoms with Crippen LogP contribution in [0.3, 0.4) is 0 Å². The van der Waals surface area contributed by atoms with Crippen LogP contribution in [0.15, 0.2) is 52.3 Å². The molecule has 0 aromatic heterocycles. The number of nitrogens with one attached hydrogen (secondary N) is 1. The van der Waals surface area contributed by atoms with E-state index >= 15 is 0 Å². The van der Waals surface area contributed by atoms with Gasteiger partial charge in [-0.2, -0.15) is 4.31 Å². The smallest absolute Gasteiger partial charge is 0.255 e. The molecule has 3 rings (SSSR count). The Kier molecular flexibility index (Phi) is 6.27. The van der Waals surface area contributed by atoms with E-state index in [0.29, 0.717) is 25.9 Å². The van der Waals surface area contributed by atoms with Gasteiger partial charge in [0.2, 0.25) is 20.0 Å². The highest BCUT2D eigenvalue weighted by molar-refractivity contribution is 7.89. The van der Waals surface area contributed by atoms with Gasteiger partial charge in [0.15, 0.2) is 0 Å². The van der Waals surface area contributed by atoms with E-state index in [1.165, 1.54) is 36.6 Å². The predicted molar refractivity (Wildman–Crippen MR) is 110 cm³/mol. The van der Waals surface area contributed by atoms with Gasteiger partial charge in [-0.3, -0.25) is 4.79 Å². The van der Waals surface area contributed by atoms with Crippen LogP contribution in [0.2, 0.25) is 0 Å². The number of sulfonamides is 2. The molecule has 1 aliphatic heterocycles. The topological polar surface area (TPSA) is 104 Å². The van der Waals surface area contributed by atoms with E-state index in [0.717, 1.165) is 22.5 Å². The highest BCUT2D eigenvalue weighted by Crippen LogP contribution is 2.26. The van der Waals surface area contributed by atoms with Crippen molar-refractivity contribution in [1.82, 2.24) is 8.61 Å². The lowest BCUT2D eigenvalue weighted by molar-refractivity contribution is 0.102. The SMILES string of the molecule is CN(C)S(=O)(=O)c1ccccc1NC(=O)c1ccc(F)c(S(=O)(=O)N2CCCC2)c1. The Balaban J connectivity index is 1.95. The second-order valence-electron chi connectivity index (χ2n) is 6.99. The number of carbonyl (C=O) groups is 1. The number of hydrogen-bond donors (Lipinski definition) is 1. The molecular weight excluding hydrogens is 433 g/mol. The van der Waals surface area contributed by atoms with Crippen LogP contribution in [0, 0.1) is 5.82 Å². The Hall–Kier alpha value is -2.34. The fourth-order valence-electron chi connectivity index (χ4n) is 3.10. The summed E-state index contributed by atoms with van der Waals surface area (Å²) in [5, 5.41) is 2.48. The molecule has 2 aromatic rings. The van der Waals surface area contributed by atoms with Crippen LogP contribution in [0.5, 0.6) is 0 Å². The summed E-state index contributed by atoms with van der Waals surface area (Å²) in [7, 11) is -5.16. The standard InChI is InChI=1S/C19H22FN3O5S2/c1-22(2)29(25,26)17-8-4-3-7-16(17)21-19(24)14-9-10-15(20)18(13-14)30(27,28)23-11-5-6-12-23/h3-4,7-10,13H,5-6,11-12H2,1-2H3,(H,21,24). The van der Waals surface area contributed by atoms with E-state index in [-0.39, 0.29) is 16.1 Å². The maximum absolute atomic E-state index is 14.3. The number of amides is 1. The summed E-state index contributed by atoms with van der Waals surface area (Å²) in [6.45, 7) is 0.599. The maximum Gasteiger partial charge on any atom is 0.255 e. The van der Waals surface area contributed by atoms with E-state index in [2.05, 4.69) is 5.32 Å². The van der Waals surface area contributed by atoms with Crippen molar-refractivity contribution in [1.29, 1.82) is 0 Å². The normalized spacial score (nSPS) is 15.5. The lowest BCUT2D eigenvalue weighted by Gasteiger charge is -2.17. The molecule has 2 aromatic carbocycles. The molecule has 30 heavy (non-hydrogen) atoms. The molecule has 0 bridgehead atoms. The van der Waals surface area contributed by atoms with Crippen LogP contribution in [0.25, 0.3) is 0 Å². The molecular formula is C19H22FN3O5S2. The number of rotatable bonds is 6. The Morgan fingerprint density at radius 2 is 1.63 bits per heavy atom. The number of hydrogen-bond acceptors (Lipinski definition) is 5. The molecule has 162 valence electrons. The van der Waals surface area contributed by atoms with Crippen LogP contribution < -0.4 is 5.32 Å². The lowest BCUT2D eigenvalue weighted by Crippen LogP contribution is -2.29. The van der Waals surface area contributed by atoms with Gasteiger partial charge in [-0.25, -0.2) is 25.5 Å². The van der Waals surface area contributed by atoms with Crippen molar-refractivity contribution >= 4 is 31.6 Å². The van der Waals surface area contributed by atoms with Gasteiger partial charge in [-0.15, -0.1) is 0 Å². The zero-order valence-corrected chi connectivity index (χ0v) is 18.1. The molecule has 1 heterocycles. The minimum atomic E-state index is -4.07. The second kappa shape index (κ2) is 8.42. The molecule has 11 heteroatoms. The number of halogens is 1. The number of nitrogens with zero attached hydrogens (tertiary/aromatic N) is 2. The van der Waals surface area contributed by atoms with Gasteiger partial charge < -0.3 is 5.32 Å². The number of benzene rings is 2. The molecule has 8 nitrogen and oxygen atoms in total. The monoisotopic (exact) mass is 455 g/mol. The lowest BCUT2D eigenvalue weighted by atomic mass is 10.2. The van der Waals surface area contributed by atoms with Crippen LogP contribution in [-0.4, -0.2) is 58.5 Å². The average molecular weight is 456 g/mol. The van der Waals surface area contributed by atoms with Crippen LogP contribution in [0.1, 0.15) is 23.2 Å². The minimum absolute atomic E-state index is 0.0319. The van der Waals surface area contributed by atoms with Crippen LogP contribution in [-0.2, 0) is 20.0 Å². The third-order valence-corrected chi connectivity index (χ3v) is 8.56. The zero-order chi connectivity index (χ0) is 22.1. The highest BCUT2D eigenvalue weighted by atomic mass is 32.2. The first-order valence-corrected chi connectivity index (χ1v) is 12.1. The van der Waals surface area contributed by atoms with Gasteiger partial charge >= 0.3 is 0 Å². The summed E-state index contributed by atoms with van der Waals surface area (Å²) in [6, 6.07) is 8.87. The average Bonchev–Trinajstić information content (AvgIpc) is 3.24. The first kappa shape index (κ1) is 22.3. The third kappa shape index (κ3) is 4.24. The van der Waals surface area contributed by atoms with E-state index in [1.54, 1.807) is 6.07 Å². The Bertz CT molecular complexity index is 1170. The predicted octanol–water partition coefficient (Wildman–Crippen LogP) is 2.11. The molecule has 1 saturated heterocycles. The number of para-hydroxylation sites is 1. The van der Waals surface area contributed by atoms with Gasteiger partial charge in [-0.1, -0.05) is 12.1 Å². The summed E-state index contributed by atoms with van der Waals surface area (Å²) in [4.78, 5) is 12.0. The summed E-state index contributed by atoms with van der Waals surface area (Å²) < 4.78 is 66.9. The van der Waals surface area contributed by atoms with Crippen molar-refractivity contribution in [2.24, 2.45) is 0 Å². The zero-order valence-electron chi connectivity index (χ0n) is 16.5. The van der Waals surface area contributed by atoms with Crippen molar-refractivity contribution < 1.29 is 26.0 Å². The fraction of sp³-hybridized carbons (Fsp3) is 0.316. The molecule has 0 spiro atoms. The Morgan fingerprint density at radius 3 is 2.27 bits per heavy atom. The molecule has 0 saturated carbocycles. The first-order valence-electron chi connectivity index (χ1n) is 9.18. The van der Waals surface area contributed by atoms with Gasteiger partial charge in [0.05, 0.1) is 5.69 Å². The molecule has 0 unspecified atom stereocenters. The van der Waals surface area contributed by atoms with Gasteiger partial charge in [0.25, 0.3) is 5.91 Å². The molecule has 1 fully saturated rings. The first-order chi connectivity index (χ1) is 14.0. The van der Waals surface area contributed by atoms with Crippen LogP contribution >= 0.6 is 0 Å². The van der Waals surface area contributed by atoms with Gasteiger partial charge in [0.1, 0.15) is 15.6 Å². The van der Waals surface area contributed by atoms with Crippen molar-refractivity contribution in [3.05, 3.63) is 53.8 Å². The molecule has 0 radical (unpaired) electrons. The molecule has 0 aliphatic carbocycles. The summed E-state index contributed by atoms with van der Waals surface area (Å²) in [6.07, 6.45) is 1.39. The van der Waals surface area contributed by atoms with Gasteiger partial charge in [0, 0.05) is 32.7 Å². The highest BCUT2D eigenvalue weighted by Gasteiger charge is 2.30. The van der Waals surface area contributed by atoms with E-state index < -0.39 is 36.7 Å². The Morgan fingerprint density at radius 1 is 1.00 bits per heavy atom. The van der Waals surface area contributed by atoms with Crippen molar-refractivity contribution in [2.75, 3.05) is 32.5 Å². The maximum atomic E-state index is 14.3. The second-order valence-corrected chi connectivity index (χ2v) is 11.0. The van der Waals surface area contributed by atoms with E-state index in [9.17, 15) is 26.0 Å². The molecule has 1 N–H and O–H groups in total. The molecule has 1 aliphatic rings. The molecule has 1 amide bonds. The fourth-order valence-corrected chi connectivity index (χ4v) is 5.74. The van der Waals surface area contributed by atoms with E-state index in [4.69, 9.17) is 0 Å². The van der Waals surface area contributed by atoms with Crippen molar-refractivity contribution in [3.8, 4) is 0 Å². The van der Waals surface area contributed by atoms with Crippen molar-refractivity contribution in [3.63, 3.8) is 0 Å².